The maximum Gasteiger partial charge on any atom is 0.243 e. The van der Waals surface area contributed by atoms with Crippen LogP contribution in [0.15, 0.2) is 46.7 Å². The molecule has 0 aliphatic carbocycles. The zero-order chi connectivity index (χ0) is 17.9. The molecule has 6 nitrogen and oxygen atoms in total. The summed E-state index contributed by atoms with van der Waals surface area (Å²) in [5.74, 6) is 0.341. The monoisotopic (exact) mass is 380 g/mol. The number of thiophene rings is 1. The quantitative estimate of drug-likeness (QED) is 0.834. The standard InChI is InChI=1S/C17H20N2O4S2/c1-23-13-6-8-15(9-7-13)25(21,22)19-10-2-5-16(19)17(20)18-12-14-4-3-11-24-14/h3-4,6-9,11,16H,2,5,10,12H2,1H3,(H,18,20)/t16-/m0/s1. The summed E-state index contributed by atoms with van der Waals surface area (Å²) in [4.78, 5) is 13.7. The van der Waals surface area contributed by atoms with Crippen molar-refractivity contribution < 1.29 is 17.9 Å². The van der Waals surface area contributed by atoms with E-state index in [1.807, 2.05) is 17.5 Å². The largest absolute Gasteiger partial charge is 0.497 e. The van der Waals surface area contributed by atoms with Crippen LogP contribution in [0.3, 0.4) is 0 Å². The molecule has 1 atom stereocenters. The molecule has 1 aliphatic rings. The van der Waals surface area contributed by atoms with Gasteiger partial charge in [-0.25, -0.2) is 8.42 Å². The van der Waals surface area contributed by atoms with Crippen molar-refractivity contribution in [3.8, 4) is 5.75 Å². The van der Waals surface area contributed by atoms with Crippen LogP contribution in [-0.4, -0.2) is 38.3 Å². The summed E-state index contributed by atoms with van der Waals surface area (Å²) in [7, 11) is -2.18. The highest BCUT2D eigenvalue weighted by molar-refractivity contribution is 7.89. The fourth-order valence-corrected chi connectivity index (χ4v) is 5.18. The van der Waals surface area contributed by atoms with E-state index >= 15 is 0 Å². The Morgan fingerprint density at radius 1 is 1.32 bits per heavy atom. The summed E-state index contributed by atoms with van der Waals surface area (Å²) in [5, 5.41) is 4.79. The van der Waals surface area contributed by atoms with E-state index in [-0.39, 0.29) is 10.8 Å². The minimum atomic E-state index is -3.71. The Morgan fingerprint density at radius 2 is 2.08 bits per heavy atom. The van der Waals surface area contributed by atoms with Crippen LogP contribution < -0.4 is 10.1 Å². The number of sulfonamides is 1. The molecule has 25 heavy (non-hydrogen) atoms. The first kappa shape index (κ1) is 17.9. The molecular formula is C17H20N2O4S2. The number of rotatable bonds is 6. The van der Waals surface area contributed by atoms with Crippen molar-refractivity contribution in [1.29, 1.82) is 0 Å². The average molecular weight is 380 g/mol. The van der Waals surface area contributed by atoms with Gasteiger partial charge in [-0.3, -0.25) is 4.79 Å². The van der Waals surface area contributed by atoms with Gasteiger partial charge in [0.25, 0.3) is 0 Å². The zero-order valence-electron chi connectivity index (χ0n) is 13.8. The van der Waals surface area contributed by atoms with Gasteiger partial charge in [-0.05, 0) is 48.6 Å². The summed E-state index contributed by atoms with van der Waals surface area (Å²) >= 11 is 1.56. The fourth-order valence-electron chi connectivity index (χ4n) is 2.88. The molecule has 1 aromatic carbocycles. The predicted molar refractivity (Wildman–Crippen MR) is 96.1 cm³/mol. The lowest BCUT2D eigenvalue weighted by molar-refractivity contribution is -0.124. The third-order valence-electron chi connectivity index (χ3n) is 4.19. The number of ether oxygens (including phenoxy) is 1. The topological polar surface area (TPSA) is 75.7 Å². The van der Waals surface area contributed by atoms with Crippen molar-refractivity contribution in [3.63, 3.8) is 0 Å². The van der Waals surface area contributed by atoms with E-state index in [0.717, 1.165) is 4.88 Å². The highest BCUT2D eigenvalue weighted by Crippen LogP contribution is 2.27. The second-order valence-electron chi connectivity index (χ2n) is 5.75. The normalized spacial score (nSPS) is 18.2. The van der Waals surface area contributed by atoms with E-state index in [1.54, 1.807) is 23.5 Å². The van der Waals surface area contributed by atoms with Gasteiger partial charge in [0.15, 0.2) is 0 Å². The van der Waals surface area contributed by atoms with Crippen molar-refractivity contribution in [3.05, 3.63) is 46.7 Å². The van der Waals surface area contributed by atoms with Crippen molar-refractivity contribution in [2.45, 2.75) is 30.3 Å². The van der Waals surface area contributed by atoms with E-state index < -0.39 is 16.1 Å². The molecule has 1 aliphatic heterocycles. The van der Waals surface area contributed by atoms with Crippen LogP contribution in [0.5, 0.6) is 5.75 Å². The number of methoxy groups -OCH3 is 1. The van der Waals surface area contributed by atoms with Crippen LogP contribution in [0, 0.1) is 0 Å². The maximum atomic E-state index is 12.9. The summed E-state index contributed by atoms with van der Waals surface area (Å²) in [6.07, 6.45) is 1.21. The van der Waals surface area contributed by atoms with Gasteiger partial charge >= 0.3 is 0 Å². The lowest BCUT2D eigenvalue weighted by Crippen LogP contribution is -2.45. The van der Waals surface area contributed by atoms with E-state index in [0.29, 0.717) is 31.7 Å². The molecule has 1 aromatic heterocycles. The molecule has 2 heterocycles. The first-order chi connectivity index (χ1) is 12.0. The van der Waals surface area contributed by atoms with Crippen LogP contribution in [0.25, 0.3) is 0 Å². The van der Waals surface area contributed by atoms with E-state index in [9.17, 15) is 13.2 Å². The zero-order valence-corrected chi connectivity index (χ0v) is 15.5. The molecule has 0 unspecified atom stereocenters. The van der Waals surface area contributed by atoms with Gasteiger partial charge in [-0.2, -0.15) is 4.31 Å². The number of nitrogens with zero attached hydrogens (tertiary/aromatic N) is 1. The fraction of sp³-hybridized carbons (Fsp3) is 0.353. The summed E-state index contributed by atoms with van der Waals surface area (Å²) in [5.41, 5.74) is 0. The molecule has 1 saturated heterocycles. The number of hydrogen-bond acceptors (Lipinski definition) is 5. The Morgan fingerprint density at radius 3 is 2.72 bits per heavy atom. The van der Waals surface area contributed by atoms with Crippen molar-refractivity contribution in [2.24, 2.45) is 0 Å². The number of benzene rings is 1. The number of carbonyl (C=O) groups excluding carboxylic acids is 1. The second-order valence-corrected chi connectivity index (χ2v) is 8.67. The van der Waals surface area contributed by atoms with Gasteiger partial charge in [0, 0.05) is 11.4 Å². The van der Waals surface area contributed by atoms with Crippen LogP contribution in [-0.2, 0) is 21.4 Å². The number of amides is 1. The smallest absolute Gasteiger partial charge is 0.243 e. The second kappa shape index (κ2) is 7.55. The number of carbonyl (C=O) groups is 1. The Kier molecular flexibility index (Phi) is 5.41. The molecule has 0 spiro atoms. The van der Waals surface area contributed by atoms with Crippen LogP contribution in [0.4, 0.5) is 0 Å². The first-order valence-electron chi connectivity index (χ1n) is 7.98. The lowest BCUT2D eigenvalue weighted by Gasteiger charge is -2.23. The minimum absolute atomic E-state index is 0.172. The highest BCUT2D eigenvalue weighted by atomic mass is 32.2. The van der Waals surface area contributed by atoms with Gasteiger partial charge < -0.3 is 10.1 Å². The first-order valence-corrected chi connectivity index (χ1v) is 10.3. The Balaban J connectivity index is 1.73. The summed E-state index contributed by atoms with van der Waals surface area (Å²) in [6.45, 7) is 0.773. The Labute approximate surface area is 151 Å². The van der Waals surface area contributed by atoms with Crippen molar-refractivity contribution >= 4 is 27.3 Å². The molecule has 1 fully saturated rings. The molecule has 1 N–H and O–H groups in total. The molecule has 0 saturated carbocycles. The predicted octanol–water partition coefficient (Wildman–Crippen LogP) is 2.23. The van der Waals surface area contributed by atoms with Gasteiger partial charge in [-0.15, -0.1) is 11.3 Å². The molecule has 3 rings (SSSR count). The van der Waals surface area contributed by atoms with Gasteiger partial charge in [-0.1, -0.05) is 6.07 Å². The SMILES string of the molecule is COc1ccc(S(=O)(=O)N2CCC[C@H]2C(=O)NCc2cccs2)cc1. The van der Waals surface area contributed by atoms with Gasteiger partial charge in [0.2, 0.25) is 15.9 Å². The van der Waals surface area contributed by atoms with Crippen molar-refractivity contribution in [2.75, 3.05) is 13.7 Å². The van der Waals surface area contributed by atoms with Crippen LogP contribution >= 0.6 is 11.3 Å². The van der Waals surface area contributed by atoms with Crippen molar-refractivity contribution in [1.82, 2.24) is 9.62 Å². The highest BCUT2D eigenvalue weighted by Gasteiger charge is 2.39. The van der Waals surface area contributed by atoms with Gasteiger partial charge in [0.1, 0.15) is 11.8 Å². The molecule has 1 amide bonds. The third kappa shape index (κ3) is 3.86. The minimum Gasteiger partial charge on any atom is -0.497 e. The summed E-state index contributed by atoms with van der Waals surface area (Å²) in [6, 6.07) is 9.42. The van der Waals surface area contributed by atoms with E-state index in [2.05, 4.69) is 5.32 Å². The summed E-state index contributed by atoms with van der Waals surface area (Å²) < 4.78 is 32.1. The van der Waals surface area contributed by atoms with E-state index in [4.69, 9.17) is 4.74 Å². The Bertz CT molecular complexity index is 817. The third-order valence-corrected chi connectivity index (χ3v) is 6.99. The van der Waals surface area contributed by atoms with E-state index in [1.165, 1.54) is 23.5 Å². The van der Waals surface area contributed by atoms with Gasteiger partial charge in [0.05, 0.1) is 18.6 Å². The molecule has 0 bridgehead atoms. The van der Waals surface area contributed by atoms with Crippen LogP contribution in [0.2, 0.25) is 0 Å². The number of nitrogens with one attached hydrogen (secondary N) is 1. The lowest BCUT2D eigenvalue weighted by atomic mass is 10.2. The molecule has 0 radical (unpaired) electrons. The average Bonchev–Trinajstić information content (AvgIpc) is 3.31. The molecule has 8 heteroatoms. The molecule has 134 valence electrons. The Hall–Kier alpha value is -1.90. The molecule has 2 aromatic rings. The molecular weight excluding hydrogens is 360 g/mol. The van der Waals surface area contributed by atoms with Crippen LogP contribution in [0.1, 0.15) is 17.7 Å². The number of hydrogen-bond donors (Lipinski definition) is 1. The maximum absolute atomic E-state index is 12.9.